The lowest BCUT2D eigenvalue weighted by Crippen LogP contribution is -2.48. The van der Waals surface area contributed by atoms with Crippen LogP contribution in [0, 0.1) is 5.92 Å². The Morgan fingerprint density at radius 2 is 1.76 bits per heavy atom. The van der Waals surface area contributed by atoms with Crippen molar-refractivity contribution >= 4 is 41.2 Å². The van der Waals surface area contributed by atoms with Gasteiger partial charge in [-0.05, 0) is 55.3 Å². The average molecular weight is 436 g/mol. The number of hydrogen-bond donors (Lipinski definition) is 2. The molecule has 2 aromatic carbocycles. The van der Waals surface area contributed by atoms with E-state index in [2.05, 4.69) is 15.8 Å². The molecule has 8 heteroatoms. The molecule has 0 aliphatic heterocycles. The molecule has 0 saturated carbocycles. The van der Waals surface area contributed by atoms with E-state index in [0.717, 1.165) is 0 Å². The van der Waals surface area contributed by atoms with Gasteiger partial charge < -0.3 is 10.1 Å². The van der Waals surface area contributed by atoms with Crippen LogP contribution in [0.3, 0.4) is 0 Å². The third-order valence-electron chi connectivity index (χ3n) is 3.99. The Morgan fingerprint density at radius 1 is 1.10 bits per heavy atom. The second kappa shape index (κ2) is 10.8. The zero-order valence-corrected chi connectivity index (χ0v) is 17.9. The van der Waals surface area contributed by atoms with Gasteiger partial charge in [0.05, 0.1) is 12.8 Å². The van der Waals surface area contributed by atoms with Gasteiger partial charge in [-0.25, -0.2) is 5.43 Å². The van der Waals surface area contributed by atoms with Crippen LogP contribution in [-0.2, 0) is 4.79 Å². The van der Waals surface area contributed by atoms with Crippen LogP contribution < -0.4 is 15.5 Å². The summed E-state index contributed by atoms with van der Waals surface area (Å²) in [6, 6.07) is 10.8. The quantitative estimate of drug-likeness (QED) is 0.479. The van der Waals surface area contributed by atoms with Gasteiger partial charge in [0.2, 0.25) is 0 Å². The highest BCUT2D eigenvalue weighted by atomic mass is 35.5. The molecule has 2 aromatic rings. The predicted molar refractivity (Wildman–Crippen MR) is 116 cm³/mol. The number of nitrogens with one attached hydrogen (secondary N) is 2. The molecular weight excluding hydrogens is 413 g/mol. The third-order valence-corrected chi connectivity index (χ3v) is 4.48. The first-order chi connectivity index (χ1) is 13.8. The van der Waals surface area contributed by atoms with Crippen LogP contribution in [0.2, 0.25) is 10.0 Å². The largest absolute Gasteiger partial charge is 0.493 e. The van der Waals surface area contributed by atoms with Crippen LogP contribution in [0.4, 0.5) is 0 Å². The van der Waals surface area contributed by atoms with Crippen molar-refractivity contribution in [1.29, 1.82) is 0 Å². The van der Waals surface area contributed by atoms with Crippen molar-refractivity contribution in [3.8, 4) is 5.75 Å². The van der Waals surface area contributed by atoms with E-state index in [1.807, 2.05) is 20.8 Å². The van der Waals surface area contributed by atoms with Crippen molar-refractivity contribution in [2.45, 2.75) is 26.8 Å². The average Bonchev–Trinajstić information content (AvgIpc) is 2.68. The van der Waals surface area contributed by atoms with Crippen LogP contribution in [0.25, 0.3) is 0 Å². The van der Waals surface area contributed by atoms with Crippen molar-refractivity contribution in [2.75, 3.05) is 6.61 Å². The molecule has 29 heavy (non-hydrogen) atoms. The Hall–Kier alpha value is -2.57. The molecule has 2 amide bonds. The smallest absolute Gasteiger partial charge is 0.262 e. The first kappa shape index (κ1) is 22.7. The maximum atomic E-state index is 12.6. The summed E-state index contributed by atoms with van der Waals surface area (Å²) in [6.45, 7) is 6.02. The Kier molecular flexibility index (Phi) is 8.49. The number of hydrazone groups is 1. The number of amides is 2. The number of carbonyl (C=O) groups excluding carboxylic acids is 2. The number of nitrogens with zero attached hydrogens (tertiary/aromatic N) is 1. The zero-order valence-electron chi connectivity index (χ0n) is 16.4. The van der Waals surface area contributed by atoms with E-state index < -0.39 is 11.9 Å². The summed E-state index contributed by atoms with van der Waals surface area (Å²) in [5.74, 6) is -0.343. The second-order valence-corrected chi connectivity index (χ2v) is 7.42. The topological polar surface area (TPSA) is 79.8 Å². The monoisotopic (exact) mass is 435 g/mol. The summed E-state index contributed by atoms with van der Waals surface area (Å²) < 4.78 is 5.52. The van der Waals surface area contributed by atoms with Gasteiger partial charge in [0.15, 0.2) is 0 Å². The lowest BCUT2D eigenvalue weighted by molar-refractivity contribution is -0.123. The Morgan fingerprint density at radius 3 is 2.38 bits per heavy atom. The summed E-state index contributed by atoms with van der Waals surface area (Å²) in [6.07, 6.45) is 1.45. The molecule has 0 fully saturated rings. The molecule has 0 aromatic heterocycles. The summed E-state index contributed by atoms with van der Waals surface area (Å²) in [7, 11) is 0. The standard InChI is InChI=1S/C21H23Cl2N3O3/c1-4-29-18-10-9-17(23)11-15(18)12-24-26-21(28)19(13(2)3)25-20(27)14-5-7-16(22)8-6-14/h5-13,19H,4H2,1-3H3,(H,25,27)(H,26,28)/b24-12-. The van der Waals surface area contributed by atoms with E-state index in [9.17, 15) is 9.59 Å². The highest BCUT2D eigenvalue weighted by Crippen LogP contribution is 2.21. The summed E-state index contributed by atoms with van der Waals surface area (Å²) in [4.78, 5) is 25.0. The fourth-order valence-corrected chi connectivity index (χ4v) is 2.81. The molecule has 154 valence electrons. The van der Waals surface area contributed by atoms with E-state index >= 15 is 0 Å². The number of ether oxygens (including phenoxy) is 1. The number of benzene rings is 2. The van der Waals surface area contributed by atoms with Gasteiger partial charge in [-0.1, -0.05) is 37.0 Å². The van der Waals surface area contributed by atoms with E-state index in [1.165, 1.54) is 6.21 Å². The van der Waals surface area contributed by atoms with Crippen molar-refractivity contribution in [2.24, 2.45) is 11.0 Å². The molecule has 1 unspecified atom stereocenters. The molecule has 0 spiro atoms. The van der Waals surface area contributed by atoms with Gasteiger partial charge in [0.25, 0.3) is 11.8 Å². The summed E-state index contributed by atoms with van der Waals surface area (Å²) >= 11 is 11.9. The first-order valence-electron chi connectivity index (χ1n) is 9.13. The Labute approximate surface area is 180 Å². The minimum atomic E-state index is -0.763. The third kappa shape index (κ3) is 6.76. The number of rotatable bonds is 8. The summed E-state index contributed by atoms with van der Waals surface area (Å²) in [5.41, 5.74) is 3.51. The number of hydrogen-bond acceptors (Lipinski definition) is 4. The SMILES string of the molecule is CCOc1ccc(Cl)cc1/C=N\NC(=O)C(NC(=O)c1ccc(Cl)cc1)C(C)C. The molecule has 0 heterocycles. The van der Waals surface area contributed by atoms with Gasteiger partial charge in [-0.3, -0.25) is 9.59 Å². The Bertz CT molecular complexity index is 883. The minimum absolute atomic E-state index is 0.147. The van der Waals surface area contributed by atoms with E-state index in [1.54, 1.807) is 42.5 Å². The van der Waals surface area contributed by atoms with E-state index in [-0.39, 0.29) is 11.8 Å². The van der Waals surface area contributed by atoms with E-state index in [4.69, 9.17) is 27.9 Å². The highest BCUT2D eigenvalue weighted by molar-refractivity contribution is 6.31. The van der Waals surface area contributed by atoms with Gasteiger partial charge in [-0.15, -0.1) is 0 Å². The molecule has 2 rings (SSSR count). The highest BCUT2D eigenvalue weighted by Gasteiger charge is 2.24. The number of carbonyl (C=O) groups is 2. The zero-order chi connectivity index (χ0) is 21.4. The van der Waals surface area contributed by atoms with Crippen LogP contribution in [0.1, 0.15) is 36.7 Å². The summed E-state index contributed by atoms with van der Waals surface area (Å²) in [5, 5.41) is 7.77. The van der Waals surface area contributed by atoms with Crippen LogP contribution in [0.5, 0.6) is 5.75 Å². The maximum Gasteiger partial charge on any atom is 0.262 e. The van der Waals surface area contributed by atoms with E-state index in [0.29, 0.717) is 33.5 Å². The molecule has 0 radical (unpaired) electrons. The van der Waals surface area contributed by atoms with Gasteiger partial charge in [0.1, 0.15) is 11.8 Å². The molecule has 0 bridgehead atoms. The molecule has 0 saturated heterocycles. The molecule has 0 aliphatic carbocycles. The fourth-order valence-electron chi connectivity index (χ4n) is 2.50. The molecule has 1 atom stereocenters. The lowest BCUT2D eigenvalue weighted by Gasteiger charge is -2.20. The van der Waals surface area contributed by atoms with Crippen molar-refractivity contribution in [1.82, 2.24) is 10.7 Å². The Balaban J connectivity index is 2.06. The van der Waals surface area contributed by atoms with Gasteiger partial charge >= 0.3 is 0 Å². The van der Waals surface area contributed by atoms with Crippen LogP contribution in [0.15, 0.2) is 47.6 Å². The molecule has 6 nitrogen and oxygen atoms in total. The molecule has 0 aliphatic rings. The fraction of sp³-hybridized carbons (Fsp3) is 0.286. The second-order valence-electron chi connectivity index (χ2n) is 6.55. The lowest BCUT2D eigenvalue weighted by atomic mass is 10.0. The molecule has 2 N–H and O–H groups in total. The first-order valence-corrected chi connectivity index (χ1v) is 9.89. The number of halogens is 2. The predicted octanol–water partition coefficient (Wildman–Crippen LogP) is 4.30. The van der Waals surface area contributed by atoms with Crippen LogP contribution >= 0.6 is 23.2 Å². The minimum Gasteiger partial charge on any atom is -0.493 e. The maximum absolute atomic E-state index is 12.6. The van der Waals surface area contributed by atoms with Crippen LogP contribution in [-0.4, -0.2) is 30.7 Å². The van der Waals surface area contributed by atoms with Crippen molar-refractivity contribution < 1.29 is 14.3 Å². The van der Waals surface area contributed by atoms with Gasteiger partial charge in [-0.2, -0.15) is 5.10 Å². The van der Waals surface area contributed by atoms with Crippen molar-refractivity contribution in [3.05, 3.63) is 63.6 Å². The van der Waals surface area contributed by atoms with Crippen molar-refractivity contribution in [3.63, 3.8) is 0 Å². The van der Waals surface area contributed by atoms with Gasteiger partial charge in [0, 0.05) is 21.2 Å². The normalized spacial score (nSPS) is 12.1. The molecular formula is C21H23Cl2N3O3.